The van der Waals surface area contributed by atoms with E-state index in [1.54, 1.807) is 19.4 Å². The molecule has 1 heterocycles. The summed E-state index contributed by atoms with van der Waals surface area (Å²) in [6.07, 6.45) is 1.72. The molecule has 3 aromatic carbocycles. The van der Waals surface area contributed by atoms with Crippen LogP contribution in [0.4, 0.5) is 0 Å². The zero-order valence-corrected chi connectivity index (χ0v) is 16.9. The number of ether oxygens (including phenoxy) is 2. The Balaban J connectivity index is 1.56. The van der Waals surface area contributed by atoms with Gasteiger partial charge in [0.15, 0.2) is 0 Å². The van der Waals surface area contributed by atoms with E-state index in [4.69, 9.17) is 9.47 Å². The molecule has 0 saturated heterocycles. The van der Waals surface area contributed by atoms with Crippen LogP contribution in [0.1, 0.15) is 21.5 Å². The summed E-state index contributed by atoms with van der Waals surface area (Å²) < 4.78 is 11.5. The van der Waals surface area contributed by atoms with Crippen LogP contribution < -0.4 is 14.8 Å². The van der Waals surface area contributed by atoms with Crippen molar-refractivity contribution >= 4 is 16.8 Å². The fraction of sp³-hybridized carbons (Fsp3) is 0.120. The van der Waals surface area contributed by atoms with Gasteiger partial charge in [-0.15, -0.1) is 0 Å². The molecule has 1 amide bonds. The Morgan fingerprint density at radius 2 is 1.67 bits per heavy atom. The highest BCUT2D eigenvalue weighted by Gasteiger charge is 2.14. The standard InChI is InChI=1S/C25H22N2O3/c1-17-19(25(28)27-16-18-8-3-6-12-23(18)29-2)10-7-13-22(17)30-24-14-15-26-21-11-5-4-9-20(21)24/h3-15H,16H2,1-2H3,(H,27,28). The number of aromatic nitrogens is 1. The number of pyridine rings is 1. The molecule has 1 aromatic heterocycles. The number of para-hydroxylation sites is 2. The summed E-state index contributed by atoms with van der Waals surface area (Å²) in [5.74, 6) is 1.92. The van der Waals surface area contributed by atoms with Gasteiger partial charge in [0.25, 0.3) is 5.91 Å². The number of carbonyl (C=O) groups is 1. The van der Waals surface area contributed by atoms with E-state index in [-0.39, 0.29) is 5.91 Å². The van der Waals surface area contributed by atoms with Crippen molar-refractivity contribution in [1.82, 2.24) is 10.3 Å². The lowest BCUT2D eigenvalue weighted by Crippen LogP contribution is -2.24. The van der Waals surface area contributed by atoms with Gasteiger partial charge in [-0.3, -0.25) is 9.78 Å². The molecule has 0 saturated carbocycles. The van der Waals surface area contributed by atoms with Gasteiger partial charge in [-0.05, 0) is 43.3 Å². The third-order valence-corrected chi connectivity index (χ3v) is 4.99. The summed E-state index contributed by atoms with van der Waals surface area (Å²) in [7, 11) is 1.62. The van der Waals surface area contributed by atoms with Crippen LogP contribution >= 0.6 is 0 Å². The quantitative estimate of drug-likeness (QED) is 0.480. The first-order valence-corrected chi connectivity index (χ1v) is 9.68. The summed E-state index contributed by atoms with van der Waals surface area (Å²) >= 11 is 0. The van der Waals surface area contributed by atoms with Crippen LogP contribution in [0.25, 0.3) is 10.9 Å². The maximum absolute atomic E-state index is 12.8. The van der Waals surface area contributed by atoms with Crippen LogP contribution in [0.3, 0.4) is 0 Å². The lowest BCUT2D eigenvalue weighted by Gasteiger charge is -2.14. The SMILES string of the molecule is COc1ccccc1CNC(=O)c1cccc(Oc2ccnc3ccccc23)c1C. The highest BCUT2D eigenvalue weighted by Crippen LogP contribution is 2.31. The average molecular weight is 398 g/mol. The molecule has 0 fully saturated rings. The van der Waals surface area contributed by atoms with Gasteiger partial charge < -0.3 is 14.8 Å². The van der Waals surface area contributed by atoms with E-state index >= 15 is 0 Å². The molecule has 0 atom stereocenters. The summed E-state index contributed by atoms with van der Waals surface area (Å²) in [6.45, 7) is 2.26. The second-order valence-corrected chi connectivity index (χ2v) is 6.85. The Bertz CT molecular complexity index is 1200. The first-order valence-electron chi connectivity index (χ1n) is 9.68. The maximum atomic E-state index is 12.8. The second kappa shape index (κ2) is 8.66. The number of benzene rings is 3. The molecule has 0 bridgehead atoms. The third kappa shape index (κ3) is 3.96. The Morgan fingerprint density at radius 1 is 0.900 bits per heavy atom. The molecule has 4 rings (SSSR count). The fourth-order valence-corrected chi connectivity index (χ4v) is 3.37. The van der Waals surface area contributed by atoms with E-state index in [1.165, 1.54) is 0 Å². The topological polar surface area (TPSA) is 60.5 Å². The molecule has 150 valence electrons. The van der Waals surface area contributed by atoms with Crippen molar-refractivity contribution in [2.45, 2.75) is 13.5 Å². The lowest BCUT2D eigenvalue weighted by atomic mass is 10.1. The minimum atomic E-state index is -0.163. The van der Waals surface area contributed by atoms with Gasteiger partial charge in [-0.2, -0.15) is 0 Å². The molecule has 5 nitrogen and oxygen atoms in total. The van der Waals surface area contributed by atoms with Gasteiger partial charge in [0.2, 0.25) is 0 Å². The Hall–Kier alpha value is -3.86. The molecular formula is C25H22N2O3. The molecule has 0 aliphatic heterocycles. The lowest BCUT2D eigenvalue weighted by molar-refractivity contribution is 0.0949. The van der Waals surface area contributed by atoms with E-state index in [2.05, 4.69) is 10.3 Å². The highest BCUT2D eigenvalue weighted by molar-refractivity contribution is 5.96. The van der Waals surface area contributed by atoms with Crippen molar-refractivity contribution in [2.24, 2.45) is 0 Å². The molecule has 5 heteroatoms. The number of rotatable bonds is 6. The molecule has 0 aliphatic carbocycles. The van der Waals surface area contributed by atoms with Crippen LogP contribution in [0, 0.1) is 6.92 Å². The zero-order valence-electron chi connectivity index (χ0n) is 16.9. The number of hydrogen-bond acceptors (Lipinski definition) is 4. The molecule has 4 aromatic rings. The third-order valence-electron chi connectivity index (χ3n) is 4.99. The van der Waals surface area contributed by atoms with Crippen molar-refractivity contribution in [3.63, 3.8) is 0 Å². The Kier molecular flexibility index (Phi) is 5.61. The normalized spacial score (nSPS) is 10.6. The van der Waals surface area contributed by atoms with Crippen LogP contribution in [-0.2, 0) is 6.54 Å². The first-order chi connectivity index (χ1) is 14.7. The first kappa shape index (κ1) is 19.5. The van der Waals surface area contributed by atoms with Gasteiger partial charge in [0.1, 0.15) is 17.2 Å². The Morgan fingerprint density at radius 3 is 2.53 bits per heavy atom. The van der Waals surface area contributed by atoms with E-state index in [1.807, 2.05) is 73.7 Å². The van der Waals surface area contributed by atoms with Crippen LogP contribution in [0.15, 0.2) is 79.0 Å². The Labute approximate surface area is 175 Å². The van der Waals surface area contributed by atoms with Crippen molar-refractivity contribution in [3.05, 3.63) is 95.7 Å². The smallest absolute Gasteiger partial charge is 0.251 e. The minimum absolute atomic E-state index is 0.163. The zero-order chi connectivity index (χ0) is 20.9. The molecule has 0 radical (unpaired) electrons. The molecule has 1 N–H and O–H groups in total. The number of carbonyl (C=O) groups excluding carboxylic acids is 1. The van der Waals surface area contributed by atoms with Gasteiger partial charge >= 0.3 is 0 Å². The van der Waals surface area contributed by atoms with Crippen molar-refractivity contribution < 1.29 is 14.3 Å². The number of hydrogen-bond donors (Lipinski definition) is 1. The van der Waals surface area contributed by atoms with E-state index in [0.29, 0.717) is 23.6 Å². The number of fused-ring (bicyclic) bond motifs is 1. The number of amides is 1. The number of nitrogens with zero attached hydrogens (tertiary/aromatic N) is 1. The van der Waals surface area contributed by atoms with Crippen molar-refractivity contribution in [1.29, 1.82) is 0 Å². The summed E-state index contributed by atoms with van der Waals surface area (Å²) in [6, 6.07) is 22.7. The largest absolute Gasteiger partial charge is 0.496 e. The predicted molar refractivity (Wildman–Crippen MR) is 117 cm³/mol. The monoisotopic (exact) mass is 398 g/mol. The summed E-state index contributed by atoms with van der Waals surface area (Å²) in [5, 5.41) is 3.89. The number of nitrogens with one attached hydrogen (secondary N) is 1. The molecule has 0 spiro atoms. The van der Waals surface area contributed by atoms with E-state index in [0.717, 1.165) is 27.8 Å². The second-order valence-electron chi connectivity index (χ2n) is 6.85. The van der Waals surface area contributed by atoms with Gasteiger partial charge in [-0.1, -0.05) is 36.4 Å². The fourth-order valence-electron chi connectivity index (χ4n) is 3.37. The van der Waals surface area contributed by atoms with Crippen LogP contribution in [0.5, 0.6) is 17.2 Å². The summed E-state index contributed by atoms with van der Waals surface area (Å²) in [5.41, 5.74) is 3.12. The summed E-state index contributed by atoms with van der Waals surface area (Å²) in [4.78, 5) is 17.2. The van der Waals surface area contributed by atoms with Crippen LogP contribution in [0.2, 0.25) is 0 Å². The van der Waals surface area contributed by atoms with Gasteiger partial charge in [0.05, 0.1) is 12.6 Å². The average Bonchev–Trinajstić information content (AvgIpc) is 2.79. The molecule has 0 aliphatic rings. The molecule has 30 heavy (non-hydrogen) atoms. The number of methoxy groups -OCH3 is 1. The van der Waals surface area contributed by atoms with Crippen molar-refractivity contribution in [3.8, 4) is 17.2 Å². The van der Waals surface area contributed by atoms with E-state index in [9.17, 15) is 4.79 Å². The van der Waals surface area contributed by atoms with Crippen molar-refractivity contribution in [2.75, 3.05) is 7.11 Å². The van der Waals surface area contributed by atoms with Gasteiger partial charge in [0, 0.05) is 34.8 Å². The van der Waals surface area contributed by atoms with E-state index < -0.39 is 0 Å². The molecular weight excluding hydrogens is 376 g/mol. The predicted octanol–water partition coefficient (Wildman–Crippen LogP) is 5.27. The molecule has 0 unspecified atom stereocenters. The minimum Gasteiger partial charge on any atom is -0.496 e. The van der Waals surface area contributed by atoms with Gasteiger partial charge in [-0.25, -0.2) is 0 Å². The van der Waals surface area contributed by atoms with Crippen LogP contribution in [-0.4, -0.2) is 18.0 Å². The highest BCUT2D eigenvalue weighted by atomic mass is 16.5. The maximum Gasteiger partial charge on any atom is 0.251 e.